The zero-order valence-electron chi connectivity index (χ0n) is 30.7. The second-order valence-corrected chi connectivity index (χ2v) is 14.5. The van der Waals surface area contributed by atoms with Gasteiger partial charge >= 0.3 is 0 Å². The van der Waals surface area contributed by atoms with Crippen molar-refractivity contribution in [3.63, 3.8) is 0 Å². The molecule has 1 aromatic heterocycles. The first-order valence-electron chi connectivity index (χ1n) is 19.3. The lowest BCUT2D eigenvalue weighted by atomic mass is 9.93. The second-order valence-electron chi connectivity index (χ2n) is 14.5. The molecule has 2 heteroatoms. The fourth-order valence-electron chi connectivity index (χ4n) is 8.80. The predicted octanol–water partition coefficient (Wildman–Crippen LogP) is 15.0. The Hall–Kier alpha value is -7.42. The number of para-hydroxylation sites is 2. The number of anilines is 3. The molecule has 0 saturated heterocycles. The van der Waals surface area contributed by atoms with E-state index >= 15 is 0 Å². The van der Waals surface area contributed by atoms with Gasteiger partial charge in [-0.15, -0.1) is 0 Å². The monoisotopic (exact) mass is 712 g/mol. The highest BCUT2D eigenvalue weighted by atomic mass is 15.1. The van der Waals surface area contributed by atoms with Gasteiger partial charge in [0, 0.05) is 33.4 Å². The second kappa shape index (κ2) is 13.2. The highest BCUT2D eigenvalue weighted by molar-refractivity contribution is 6.26. The molecule has 11 rings (SSSR count). The lowest BCUT2D eigenvalue weighted by Gasteiger charge is -2.29. The maximum atomic E-state index is 2.44. The van der Waals surface area contributed by atoms with Crippen molar-refractivity contribution in [2.24, 2.45) is 0 Å². The third-order valence-electron chi connectivity index (χ3n) is 11.4. The summed E-state index contributed by atoms with van der Waals surface area (Å²) in [7, 11) is 0. The van der Waals surface area contributed by atoms with Crippen molar-refractivity contribution in [3.8, 4) is 27.9 Å². The first-order valence-corrected chi connectivity index (χ1v) is 19.3. The van der Waals surface area contributed by atoms with Crippen LogP contribution in [0, 0.1) is 0 Å². The minimum Gasteiger partial charge on any atom is -0.310 e. The Balaban J connectivity index is 1.16. The minimum absolute atomic E-state index is 1.09. The molecule has 1 heterocycles. The number of hydrogen-bond acceptors (Lipinski definition) is 1. The molecule has 0 amide bonds. The average molecular weight is 713 g/mol. The number of rotatable bonds is 6. The fourth-order valence-corrected chi connectivity index (χ4v) is 8.80. The summed E-state index contributed by atoms with van der Waals surface area (Å²) >= 11 is 0. The van der Waals surface area contributed by atoms with E-state index in [4.69, 9.17) is 0 Å². The van der Waals surface area contributed by atoms with Crippen LogP contribution in [0.5, 0.6) is 0 Å². The van der Waals surface area contributed by atoms with Crippen LogP contribution in [0.4, 0.5) is 17.1 Å². The van der Waals surface area contributed by atoms with Crippen LogP contribution >= 0.6 is 0 Å². The summed E-state index contributed by atoms with van der Waals surface area (Å²) in [5.74, 6) is 0. The lowest BCUT2D eigenvalue weighted by Crippen LogP contribution is -2.11. The van der Waals surface area contributed by atoms with Gasteiger partial charge in [-0.2, -0.15) is 0 Å². The summed E-state index contributed by atoms with van der Waals surface area (Å²) in [4.78, 5) is 2.44. The summed E-state index contributed by atoms with van der Waals surface area (Å²) in [6.45, 7) is 0. The highest BCUT2D eigenvalue weighted by Crippen LogP contribution is 2.45. The van der Waals surface area contributed by atoms with Gasteiger partial charge in [0.05, 0.1) is 16.7 Å². The predicted molar refractivity (Wildman–Crippen MR) is 239 cm³/mol. The quantitative estimate of drug-likeness (QED) is 0.156. The molecule has 0 saturated carbocycles. The van der Waals surface area contributed by atoms with E-state index in [1.807, 2.05) is 0 Å². The zero-order valence-corrected chi connectivity index (χ0v) is 30.7. The third kappa shape index (κ3) is 5.19. The molecule has 262 valence electrons. The van der Waals surface area contributed by atoms with Crippen LogP contribution in [-0.4, -0.2) is 4.57 Å². The smallest absolute Gasteiger partial charge is 0.0541 e. The topological polar surface area (TPSA) is 8.17 Å². The molecule has 0 atom stereocenters. The first-order chi connectivity index (χ1) is 27.8. The summed E-state index contributed by atoms with van der Waals surface area (Å²) in [6.07, 6.45) is 0. The fraction of sp³-hybridized carbons (Fsp3) is 0. The minimum atomic E-state index is 1.09. The van der Waals surface area contributed by atoms with Crippen LogP contribution in [0.15, 0.2) is 218 Å². The van der Waals surface area contributed by atoms with Gasteiger partial charge in [0.2, 0.25) is 0 Å². The van der Waals surface area contributed by atoms with E-state index in [9.17, 15) is 0 Å². The molecule has 0 fully saturated rings. The van der Waals surface area contributed by atoms with Crippen LogP contribution in [0.2, 0.25) is 0 Å². The summed E-state index contributed by atoms with van der Waals surface area (Å²) in [5, 5.41) is 10.1. The van der Waals surface area contributed by atoms with E-state index in [-0.39, 0.29) is 0 Å². The Morgan fingerprint density at radius 1 is 0.286 bits per heavy atom. The van der Waals surface area contributed by atoms with E-state index < -0.39 is 0 Å². The van der Waals surface area contributed by atoms with Crippen molar-refractivity contribution < 1.29 is 0 Å². The molecule has 2 nitrogen and oxygen atoms in total. The van der Waals surface area contributed by atoms with Crippen LogP contribution < -0.4 is 4.90 Å². The average Bonchev–Trinajstić information content (AvgIpc) is 3.62. The van der Waals surface area contributed by atoms with Crippen molar-refractivity contribution in [2.75, 3.05) is 4.90 Å². The molecule has 10 aromatic carbocycles. The van der Waals surface area contributed by atoms with Crippen LogP contribution in [0.3, 0.4) is 0 Å². The van der Waals surface area contributed by atoms with Gasteiger partial charge < -0.3 is 9.47 Å². The van der Waals surface area contributed by atoms with E-state index in [1.165, 1.54) is 76.4 Å². The summed E-state index contributed by atoms with van der Waals surface area (Å²) in [5.41, 5.74) is 11.6. The van der Waals surface area contributed by atoms with Gasteiger partial charge in [0.25, 0.3) is 0 Å². The number of aromatic nitrogens is 1. The van der Waals surface area contributed by atoms with Gasteiger partial charge in [-0.25, -0.2) is 0 Å². The zero-order chi connectivity index (χ0) is 37.0. The molecule has 56 heavy (non-hydrogen) atoms. The summed E-state index contributed by atoms with van der Waals surface area (Å²) in [6, 6.07) is 79.5. The highest BCUT2D eigenvalue weighted by Gasteiger charge is 2.21. The number of fused-ring (bicyclic) bond motifs is 9. The maximum Gasteiger partial charge on any atom is 0.0541 e. The molecule has 11 aromatic rings. The summed E-state index contributed by atoms with van der Waals surface area (Å²) < 4.78 is 2.39. The lowest BCUT2D eigenvalue weighted by molar-refractivity contribution is 1.17. The van der Waals surface area contributed by atoms with Gasteiger partial charge in [-0.05, 0) is 110 Å². The van der Waals surface area contributed by atoms with Crippen molar-refractivity contribution >= 4 is 71.2 Å². The number of hydrogen-bond donors (Lipinski definition) is 0. The maximum absolute atomic E-state index is 2.44. The van der Waals surface area contributed by atoms with Gasteiger partial charge in [0.15, 0.2) is 0 Å². The molecule has 0 N–H and O–H groups in total. The van der Waals surface area contributed by atoms with E-state index in [0.29, 0.717) is 0 Å². The Kier molecular flexibility index (Phi) is 7.53. The largest absolute Gasteiger partial charge is 0.310 e. The molecule has 0 bridgehead atoms. The Morgan fingerprint density at radius 2 is 0.750 bits per heavy atom. The number of benzene rings is 10. The van der Waals surface area contributed by atoms with Gasteiger partial charge in [0.1, 0.15) is 0 Å². The molecular formula is C54H36N2. The van der Waals surface area contributed by atoms with E-state index in [2.05, 4.69) is 228 Å². The molecule has 0 spiro atoms. The van der Waals surface area contributed by atoms with Crippen molar-refractivity contribution in [1.29, 1.82) is 0 Å². The number of nitrogens with zero attached hydrogens (tertiary/aromatic N) is 2. The molecule has 0 aliphatic heterocycles. The van der Waals surface area contributed by atoms with E-state index in [1.54, 1.807) is 0 Å². The Morgan fingerprint density at radius 3 is 1.34 bits per heavy atom. The van der Waals surface area contributed by atoms with Gasteiger partial charge in [-0.1, -0.05) is 158 Å². The SMILES string of the molecule is c1ccc(-c2ccc(N(c3ccc(-n4c5ccccc5c5ccccc54)cc3)c3ccc4c5ccccc5c5ccccc5c4c3)c(-c3ccccc3)c2)cc1. The molecule has 0 unspecified atom stereocenters. The van der Waals surface area contributed by atoms with Crippen LogP contribution in [0.25, 0.3) is 82.1 Å². The molecular weight excluding hydrogens is 677 g/mol. The van der Waals surface area contributed by atoms with E-state index in [0.717, 1.165) is 22.7 Å². The standard InChI is InChI=1S/C54H36N2/c1-3-15-37(16-4-1)39-27-34-54(50(35-39)38-17-5-2-6-18-38)55(42-32-33-47-45-21-8-7-19-43(45)44-20-9-10-22-46(44)51(47)36-42)40-28-30-41(31-29-40)56-52-25-13-11-23-48(52)49-24-12-14-26-53(49)56/h1-36H. The van der Waals surface area contributed by atoms with Crippen molar-refractivity contribution in [3.05, 3.63) is 218 Å². The Bertz CT molecular complexity index is 3140. The normalized spacial score (nSPS) is 11.6. The third-order valence-corrected chi connectivity index (χ3v) is 11.4. The molecule has 0 radical (unpaired) electrons. The van der Waals surface area contributed by atoms with Crippen LogP contribution in [0.1, 0.15) is 0 Å². The van der Waals surface area contributed by atoms with Gasteiger partial charge in [-0.3, -0.25) is 0 Å². The van der Waals surface area contributed by atoms with Crippen molar-refractivity contribution in [1.82, 2.24) is 4.57 Å². The van der Waals surface area contributed by atoms with Crippen molar-refractivity contribution in [2.45, 2.75) is 0 Å². The molecule has 0 aliphatic carbocycles. The first kappa shape index (κ1) is 32.0. The van der Waals surface area contributed by atoms with Crippen LogP contribution in [-0.2, 0) is 0 Å². The molecule has 0 aliphatic rings. The Labute approximate surface area is 325 Å².